The fourth-order valence-corrected chi connectivity index (χ4v) is 3.70. The summed E-state index contributed by atoms with van der Waals surface area (Å²) in [5.41, 5.74) is 1.36. The van der Waals surface area contributed by atoms with Crippen LogP contribution in [0.2, 0.25) is 0 Å². The number of nitrogens with one attached hydrogen (secondary N) is 2. The molecule has 1 unspecified atom stereocenters. The standard InChI is InChI=1S/C24H40N4O5/c1-24(2,17-29)23(32)27-20(22(30)31)11-14-28(15-16-33-3)13-5-4-8-19-10-9-18-7-6-12-25-21(18)26-19/h9-10,20,29H,4-8,11-17H2,1-3H3,(H,25,26)(H,27,32)(H,30,31). The van der Waals surface area contributed by atoms with Crippen LogP contribution in [0.15, 0.2) is 12.1 Å². The van der Waals surface area contributed by atoms with Gasteiger partial charge in [0.15, 0.2) is 0 Å². The van der Waals surface area contributed by atoms with Crippen molar-refractivity contribution in [3.05, 3.63) is 23.4 Å². The molecular weight excluding hydrogens is 424 g/mol. The Balaban J connectivity index is 1.82. The van der Waals surface area contributed by atoms with Crippen LogP contribution in [0.3, 0.4) is 0 Å². The van der Waals surface area contributed by atoms with Gasteiger partial charge in [-0.15, -0.1) is 0 Å². The molecule has 2 rings (SSSR count). The maximum absolute atomic E-state index is 12.3. The van der Waals surface area contributed by atoms with Crippen molar-refractivity contribution in [1.29, 1.82) is 0 Å². The fourth-order valence-electron chi connectivity index (χ4n) is 3.70. The van der Waals surface area contributed by atoms with Gasteiger partial charge in [0, 0.05) is 32.4 Å². The first kappa shape index (κ1) is 27.0. The number of nitrogens with zero attached hydrogens (tertiary/aromatic N) is 2. The van der Waals surface area contributed by atoms with Crippen LogP contribution in [-0.2, 0) is 27.2 Å². The third-order valence-corrected chi connectivity index (χ3v) is 6.07. The first-order chi connectivity index (χ1) is 15.8. The first-order valence-electron chi connectivity index (χ1n) is 11.9. The van der Waals surface area contributed by atoms with Crippen LogP contribution in [0, 0.1) is 5.41 Å². The molecule has 33 heavy (non-hydrogen) atoms. The van der Waals surface area contributed by atoms with Crippen LogP contribution in [0.25, 0.3) is 0 Å². The predicted molar refractivity (Wildman–Crippen MR) is 127 cm³/mol. The lowest BCUT2D eigenvalue weighted by molar-refractivity contribution is -0.144. The van der Waals surface area contributed by atoms with E-state index in [0.717, 1.165) is 56.7 Å². The average Bonchev–Trinajstić information content (AvgIpc) is 2.81. The number of aliphatic hydroxyl groups is 1. The molecule has 2 heterocycles. The summed E-state index contributed by atoms with van der Waals surface area (Å²) < 4.78 is 5.21. The number of fused-ring (bicyclic) bond motifs is 1. The summed E-state index contributed by atoms with van der Waals surface area (Å²) in [4.78, 5) is 30.9. The van der Waals surface area contributed by atoms with E-state index >= 15 is 0 Å². The van der Waals surface area contributed by atoms with Crippen molar-refractivity contribution in [2.24, 2.45) is 5.41 Å². The van der Waals surface area contributed by atoms with Crippen molar-refractivity contribution in [2.75, 3.05) is 51.8 Å². The SMILES string of the molecule is COCCN(CCCCc1ccc2c(n1)NCCC2)CCC(NC(=O)C(C)(C)CO)C(=O)O. The highest BCUT2D eigenvalue weighted by atomic mass is 16.5. The Bertz CT molecular complexity index is 771. The fraction of sp³-hybridized carbons (Fsp3) is 0.708. The molecule has 9 nitrogen and oxygen atoms in total. The van der Waals surface area contributed by atoms with Gasteiger partial charge in [0.05, 0.1) is 18.6 Å². The maximum Gasteiger partial charge on any atom is 0.326 e. The van der Waals surface area contributed by atoms with Crippen LogP contribution in [0.5, 0.6) is 0 Å². The number of aryl methyl sites for hydroxylation is 2. The number of methoxy groups -OCH3 is 1. The Hall–Kier alpha value is -2.23. The minimum atomic E-state index is -1.07. The van der Waals surface area contributed by atoms with Crippen molar-refractivity contribution in [3.63, 3.8) is 0 Å². The largest absolute Gasteiger partial charge is 0.480 e. The minimum absolute atomic E-state index is 0.282. The average molecular weight is 465 g/mol. The molecule has 0 aliphatic carbocycles. The number of anilines is 1. The van der Waals surface area contributed by atoms with Gasteiger partial charge >= 0.3 is 5.97 Å². The molecule has 0 bridgehead atoms. The van der Waals surface area contributed by atoms with Gasteiger partial charge in [-0.1, -0.05) is 6.07 Å². The monoisotopic (exact) mass is 464 g/mol. The number of ether oxygens (including phenoxy) is 1. The van der Waals surface area contributed by atoms with Gasteiger partial charge in [-0.3, -0.25) is 4.79 Å². The normalized spacial score (nSPS) is 14.5. The summed E-state index contributed by atoms with van der Waals surface area (Å²) in [6.07, 6.45) is 5.36. The zero-order chi connectivity index (χ0) is 24.3. The van der Waals surface area contributed by atoms with E-state index in [0.29, 0.717) is 19.7 Å². The second kappa shape index (κ2) is 13.5. The Morgan fingerprint density at radius 1 is 1.27 bits per heavy atom. The number of hydrogen-bond acceptors (Lipinski definition) is 7. The number of carboxylic acids is 1. The van der Waals surface area contributed by atoms with Crippen molar-refractivity contribution in [1.82, 2.24) is 15.2 Å². The van der Waals surface area contributed by atoms with E-state index in [2.05, 4.69) is 27.7 Å². The number of carboxylic acid groups (broad SMARTS) is 1. The topological polar surface area (TPSA) is 124 Å². The summed E-state index contributed by atoms with van der Waals surface area (Å²) in [7, 11) is 1.64. The molecule has 0 spiro atoms. The quantitative estimate of drug-likeness (QED) is 0.289. The van der Waals surface area contributed by atoms with Crippen LogP contribution in [-0.4, -0.2) is 84.5 Å². The Morgan fingerprint density at radius 2 is 2.06 bits per heavy atom. The number of unbranched alkanes of at least 4 members (excludes halogenated alkanes) is 1. The lowest BCUT2D eigenvalue weighted by Gasteiger charge is -2.26. The molecule has 0 aromatic carbocycles. The van der Waals surface area contributed by atoms with Crippen LogP contribution in [0.4, 0.5) is 5.82 Å². The number of amides is 1. The molecule has 9 heteroatoms. The van der Waals surface area contributed by atoms with Crippen molar-refractivity contribution >= 4 is 17.7 Å². The molecule has 1 aromatic rings. The highest BCUT2D eigenvalue weighted by Crippen LogP contribution is 2.20. The van der Waals surface area contributed by atoms with E-state index in [-0.39, 0.29) is 13.0 Å². The lowest BCUT2D eigenvalue weighted by atomic mass is 9.93. The zero-order valence-corrected chi connectivity index (χ0v) is 20.2. The van der Waals surface area contributed by atoms with E-state index in [1.807, 2.05) is 0 Å². The van der Waals surface area contributed by atoms with Crippen molar-refractivity contribution < 1.29 is 24.5 Å². The minimum Gasteiger partial charge on any atom is -0.480 e. The molecular formula is C24H40N4O5. The van der Waals surface area contributed by atoms with Crippen LogP contribution in [0.1, 0.15) is 50.8 Å². The molecule has 186 valence electrons. The summed E-state index contributed by atoms with van der Waals surface area (Å²) in [5, 5.41) is 24.8. The van der Waals surface area contributed by atoms with Gasteiger partial charge in [-0.25, -0.2) is 9.78 Å². The number of pyridine rings is 1. The number of carbonyl (C=O) groups excluding carboxylic acids is 1. The first-order valence-corrected chi connectivity index (χ1v) is 11.9. The lowest BCUT2D eigenvalue weighted by Crippen LogP contribution is -2.49. The molecule has 1 aliphatic heterocycles. The Morgan fingerprint density at radius 3 is 2.76 bits per heavy atom. The second-order valence-corrected chi connectivity index (χ2v) is 9.33. The molecule has 1 aromatic heterocycles. The van der Waals surface area contributed by atoms with Gasteiger partial charge in [0.25, 0.3) is 0 Å². The van der Waals surface area contributed by atoms with Crippen molar-refractivity contribution in [3.8, 4) is 0 Å². The Labute approximate surface area is 196 Å². The summed E-state index contributed by atoms with van der Waals surface area (Å²) in [5.74, 6) is -0.518. The molecule has 4 N–H and O–H groups in total. The van der Waals surface area contributed by atoms with Gasteiger partial charge in [-0.2, -0.15) is 0 Å². The third kappa shape index (κ3) is 8.91. The molecule has 1 aliphatic rings. The number of hydrogen-bond donors (Lipinski definition) is 4. The predicted octanol–water partition coefficient (Wildman–Crippen LogP) is 1.69. The van der Waals surface area contributed by atoms with Gasteiger partial charge in [-0.05, 0) is 70.5 Å². The van der Waals surface area contributed by atoms with Crippen LogP contribution < -0.4 is 10.6 Å². The summed E-state index contributed by atoms with van der Waals surface area (Å²) in [6.45, 7) is 6.39. The van der Waals surface area contributed by atoms with Crippen LogP contribution >= 0.6 is 0 Å². The Kier molecular flexibility index (Phi) is 11.0. The van der Waals surface area contributed by atoms with E-state index < -0.39 is 23.3 Å². The third-order valence-electron chi connectivity index (χ3n) is 6.07. The number of carbonyl (C=O) groups is 2. The van der Waals surface area contributed by atoms with E-state index in [1.54, 1.807) is 21.0 Å². The maximum atomic E-state index is 12.3. The van der Waals surface area contributed by atoms with Gasteiger partial charge in [0.1, 0.15) is 11.9 Å². The summed E-state index contributed by atoms with van der Waals surface area (Å²) >= 11 is 0. The molecule has 0 saturated heterocycles. The van der Waals surface area contributed by atoms with E-state index in [9.17, 15) is 19.8 Å². The molecule has 0 saturated carbocycles. The van der Waals surface area contributed by atoms with E-state index in [4.69, 9.17) is 9.72 Å². The number of aliphatic hydroxyl groups excluding tert-OH is 1. The number of aromatic nitrogens is 1. The second-order valence-electron chi connectivity index (χ2n) is 9.33. The van der Waals surface area contributed by atoms with Crippen molar-refractivity contribution in [2.45, 2.75) is 58.4 Å². The smallest absolute Gasteiger partial charge is 0.326 e. The molecule has 0 fully saturated rings. The molecule has 1 atom stereocenters. The zero-order valence-electron chi connectivity index (χ0n) is 20.2. The van der Waals surface area contributed by atoms with Gasteiger partial charge < -0.3 is 30.5 Å². The highest BCUT2D eigenvalue weighted by Gasteiger charge is 2.30. The number of aliphatic carboxylic acids is 1. The molecule has 1 amide bonds. The number of rotatable bonds is 15. The summed E-state index contributed by atoms with van der Waals surface area (Å²) in [6, 6.07) is 3.29. The van der Waals surface area contributed by atoms with E-state index in [1.165, 1.54) is 5.56 Å². The van der Waals surface area contributed by atoms with Gasteiger partial charge in [0.2, 0.25) is 5.91 Å². The highest BCUT2D eigenvalue weighted by molar-refractivity contribution is 5.87. The molecule has 0 radical (unpaired) electrons.